The first-order valence-corrected chi connectivity index (χ1v) is 15.4. The quantitative estimate of drug-likeness (QED) is 0.278. The number of hydrogen-bond acceptors (Lipinski definition) is 15. The van der Waals surface area contributed by atoms with Crippen molar-refractivity contribution in [3.8, 4) is 0 Å². The van der Waals surface area contributed by atoms with E-state index in [1.54, 1.807) is 20.8 Å². The van der Waals surface area contributed by atoms with Gasteiger partial charge in [0.1, 0.15) is 48.5 Å². The molecule has 9 unspecified atom stereocenters. The number of furan rings is 2. The first-order chi connectivity index (χ1) is 22.5. The van der Waals surface area contributed by atoms with Crippen LogP contribution in [-0.4, -0.2) is 84.1 Å². The van der Waals surface area contributed by atoms with E-state index in [9.17, 15) is 28.8 Å². The SMILES string of the molecule is CC(=O)OCC12C(OC(C)=O)C(OC(C)=O)CC(C)C13OC(C)(C)C(C(OC(=O)c1ccoc1)C2OC(=O)c1ccoc1)C3OC(C)=O. The van der Waals surface area contributed by atoms with Crippen molar-refractivity contribution in [3.05, 3.63) is 48.3 Å². The molecule has 0 N–H and O–H groups in total. The highest BCUT2D eigenvalue weighted by Gasteiger charge is 2.85. The van der Waals surface area contributed by atoms with E-state index in [-0.39, 0.29) is 17.5 Å². The monoisotopic (exact) mass is 674 g/mol. The molecule has 2 aromatic heterocycles. The van der Waals surface area contributed by atoms with Gasteiger partial charge < -0.3 is 42.0 Å². The fourth-order valence-electron chi connectivity index (χ4n) is 7.99. The zero-order valence-electron chi connectivity index (χ0n) is 27.5. The highest BCUT2D eigenvalue weighted by molar-refractivity contribution is 5.90. The average Bonchev–Trinajstić information content (AvgIpc) is 3.74. The van der Waals surface area contributed by atoms with Crippen LogP contribution in [0.25, 0.3) is 0 Å². The maximum Gasteiger partial charge on any atom is 0.341 e. The summed E-state index contributed by atoms with van der Waals surface area (Å²) in [6, 6.07) is 2.70. The summed E-state index contributed by atoms with van der Waals surface area (Å²) in [5.74, 6) is -6.65. The third-order valence-electron chi connectivity index (χ3n) is 9.44. The summed E-state index contributed by atoms with van der Waals surface area (Å²) in [6.07, 6.45) is -2.42. The normalized spacial score (nSPS) is 33.0. The van der Waals surface area contributed by atoms with Crippen molar-refractivity contribution >= 4 is 35.8 Å². The van der Waals surface area contributed by atoms with E-state index in [1.165, 1.54) is 31.6 Å². The number of esters is 6. The first kappa shape index (κ1) is 34.7. The molecule has 9 atom stereocenters. The second-order valence-electron chi connectivity index (χ2n) is 12.9. The van der Waals surface area contributed by atoms with E-state index >= 15 is 0 Å². The average molecular weight is 675 g/mol. The maximum atomic E-state index is 13.8. The van der Waals surface area contributed by atoms with Gasteiger partial charge in [-0.05, 0) is 38.3 Å². The summed E-state index contributed by atoms with van der Waals surface area (Å²) in [6.45, 7) is 9.03. The fraction of sp³-hybridized carbons (Fsp3) is 0.576. The van der Waals surface area contributed by atoms with Gasteiger partial charge >= 0.3 is 35.8 Å². The Labute approximate surface area is 275 Å². The number of carbonyl (C=O) groups excluding carboxylic acids is 6. The molecule has 2 aliphatic carbocycles. The predicted molar refractivity (Wildman–Crippen MR) is 157 cm³/mol. The van der Waals surface area contributed by atoms with Crippen LogP contribution in [-0.2, 0) is 52.3 Å². The van der Waals surface area contributed by atoms with Gasteiger partial charge in [0.15, 0.2) is 12.2 Å². The minimum Gasteiger partial charge on any atom is -0.472 e. The third-order valence-corrected chi connectivity index (χ3v) is 9.44. The van der Waals surface area contributed by atoms with Crippen molar-refractivity contribution in [2.24, 2.45) is 17.3 Å². The van der Waals surface area contributed by atoms with Crippen molar-refractivity contribution in [1.82, 2.24) is 0 Å². The van der Waals surface area contributed by atoms with E-state index in [4.69, 9.17) is 42.0 Å². The van der Waals surface area contributed by atoms with Crippen LogP contribution in [0.3, 0.4) is 0 Å². The Morgan fingerprint density at radius 1 is 0.729 bits per heavy atom. The molecule has 3 heterocycles. The lowest BCUT2D eigenvalue weighted by atomic mass is 9.47. The van der Waals surface area contributed by atoms with Crippen molar-refractivity contribution < 1.29 is 70.8 Å². The van der Waals surface area contributed by atoms with Gasteiger partial charge in [-0.25, -0.2) is 9.59 Å². The van der Waals surface area contributed by atoms with Crippen LogP contribution in [0.4, 0.5) is 0 Å². The van der Waals surface area contributed by atoms with Gasteiger partial charge in [0.25, 0.3) is 0 Å². The first-order valence-electron chi connectivity index (χ1n) is 15.4. The molecule has 3 fully saturated rings. The van der Waals surface area contributed by atoms with Gasteiger partial charge in [-0.2, -0.15) is 0 Å². The molecule has 1 saturated heterocycles. The maximum absolute atomic E-state index is 13.8. The summed E-state index contributed by atoms with van der Waals surface area (Å²) in [7, 11) is 0. The molecular formula is C33H38O15. The van der Waals surface area contributed by atoms with E-state index < -0.39 is 101 Å². The van der Waals surface area contributed by atoms with Crippen LogP contribution in [0, 0.1) is 17.3 Å². The Kier molecular flexibility index (Phi) is 9.21. The van der Waals surface area contributed by atoms with Gasteiger partial charge in [0.05, 0.1) is 35.2 Å². The minimum absolute atomic E-state index is 0.00730. The van der Waals surface area contributed by atoms with E-state index in [2.05, 4.69) is 0 Å². The third kappa shape index (κ3) is 5.73. The van der Waals surface area contributed by atoms with Crippen molar-refractivity contribution in [2.75, 3.05) is 6.61 Å². The molecule has 0 radical (unpaired) electrons. The Morgan fingerprint density at radius 3 is 1.77 bits per heavy atom. The Morgan fingerprint density at radius 2 is 1.27 bits per heavy atom. The summed E-state index contributed by atoms with van der Waals surface area (Å²) in [4.78, 5) is 78.3. The lowest BCUT2D eigenvalue weighted by Crippen LogP contribution is -2.81. The fourth-order valence-corrected chi connectivity index (χ4v) is 7.99. The smallest absolute Gasteiger partial charge is 0.341 e. The lowest BCUT2D eigenvalue weighted by molar-refractivity contribution is -0.328. The summed E-state index contributed by atoms with van der Waals surface area (Å²) in [5.41, 5.74) is -5.13. The molecule has 0 amide bonds. The van der Waals surface area contributed by atoms with Crippen LogP contribution in [0.15, 0.2) is 46.0 Å². The number of hydrogen-bond donors (Lipinski definition) is 0. The van der Waals surface area contributed by atoms with Crippen LogP contribution in [0.2, 0.25) is 0 Å². The molecule has 48 heavy (non-hydrogen) atoms. The van der Waals surface area contributed by atoms with Crippen molar-refractivity contribution in [2.45, 2.75) is 96.6 Å². The Bertz CT molecular complexity index is 1560. The van der Waals surface area contributed by atoms with Crippen molar-refractivity contribution in [1.29, 1.82) is 0 Å². The molecule has 2 aromatic rings. The molecule has 260 valence electrons. The molecule has 5 rings (SSSR count). The van der Waals surface area contributed by atoms with E-state index in [0.717, 1.165) is 33.3 Å². The van der Waals surface area contributed by atoms with Crippen LogP contribution in [0.1, 0.15) is 75.6 Å². The van der Waals surface area contributed by atoms with Crippen molar-refractivity contribution in [3.63, 3.8) is 0 Å². The number of rotatable bonds is 9. The number of ether oxygens (including phenoxy) is 7. The zero-order chi connectivity index (χ0) is 35.2. The minimum atomic E-state index is -2.05. The van der Waals surface area contributed by atoms with Gasteiger partial charge in [-0.3, -0.25) is 19.2 Å². The van der Waals surface area contributed by atoms with Gasteiger partial charge in [-0.15, -0.1) is 0 Å². The number of carbonyl (C=O) groups is 6. The summed E-state index contributed by atoms with van der Waals surface area (Å²) in [5, 5.41) is 0. The highest BCUT2D eigenvalue weighted by Crippen LogP contribution is 2.68. The van der Waals surface area contributed by atoms with Gasteiger partial charge in [-0.1, -0.05) is 6.92 Å². The summed E-state index contributed by atoms with van der Waals surface area (Å²) >= 11 is 0. The van der Waals surface area contributed by atoms with Crippen LogP contribution >= 0.6 is 0 Å². The zero-order valence-corrected chi connectivity index (χ0v) is 27.5. The topological polar surface area (TPSA) is 193 Å². The number of fused-ring (bicyclic) bond motifs is 1. The largest absolute Gasteiger partial charge is 0.472 e. The molecule has 2 saturated carbocycles. The Balaban J connectivity index is 1.86. The van der Waals surface area contributed by atoms with Gasteiger partial charge in [0.2, 0.25) is 0 Å². The molecular weight excluding hydrogens is 636 g/mol. The molecule has 0 aromatic carbocycles. The van der Waals surface area contributed by atoms with Crippen LogP contribution in [0.5, 0.6) is 0 Å². The summed E-state index contributed by atoms with van der Waals surface area (Å²) < 4.78 is 53.0. The molecule has 1 spiro atoms. The second kappa shape index (κ2) is 12.7. The molecule has 3 aliphatic rings. The van der Waals surface area contributed by atoms with E-state index in [0.29, 0.717) is 0 Å². The molecule has 15 nitrogen and oxygen atoms in total. The van der Waals surface area contributed by atoms with Crippen LogP contribution < -0.4 is 0 Å². The molecule has 15 heteroatoms. The Hall–Kier alpha value is -4.66. The molecule has 2 bridgehead atoms. The lowest BCUT2D eigenvalue weighted by Gasteiger charge is -2.64. The van der Waals surface area contributed by atoms with Gasteiger partial charge in [0, 0.05) is 27.7 Å². The molecule has 1 aliphatic heterocycles. The predicted octanol–water partition coefficient (Wildman–Crippen LogP) is 3.19. The van der Waals surface area contributed by atoms with E-state index in [1.807, 2.05) is 0 Å². The standard InChI is InChI=1S/C33H38O15/c1-16-12-23(43-18(3)35)26(44-19(4)36)32(15-42-17(2)34)28(47-30(39)22-9-11-41-14-22)25(46-29(38)21-8-10-40-13-21)24-27(45-20(5)37)33(16,32)48-31(24,6)7/h8-11,13-14,16,23-28H,12,15H2,1-7H3. The highest BCUT2D eigenvalue weighted by atomic mass is 16.6. The second-order valence-corrected chi connectivity index (χ2v) is 12.9.